The van der Waals surface area contributed by atoms with Crippen LogP contribution in [0.15, 0.2) is 0 Å². The fraction of sp³-hybridized carbons (Fsp3) is 0.818. The van der Waals surface area contributed by atoms with Crippen LogP contribution in [0.25, 0.3) is 0 Å². The smallest absolute Gasteiger partial charge is 0.158 e. The number of aliphatic hydroxyl groups excluding tert-OH is 1. The highest BCUT2D eigenvalue weighted by Crippen LogP contribution is 2.08. The SMILES string of the molecule is CCCCCc1nnc(CO)n1CCC. The molecule has 0 spiro atoms. The van der Waals surface area contributed by atoms with Crippen LogP contribution < -0.4 is 0 Å². The fourth-order valence-corrected chi connectivity index (χ4v) is 1.69. The minimum absolute atomic E-state index is 0.0131. The molecule has 0 saturated carbocycles. The fourth-order valence-electron chi connectivity index (χ4n) is 1.69. The van der Waals surface area contributed by atoms with Crippen molar-refractivity contribution in [2.75, 3.05) is 0 Å². The summed E-state index contributed by atoms with van der Waals surface area (Å²) in [7, 11) is 0. The molecule has 15 heavy (non-hydrogen) atoms. The van der Waals surface area contributed by atoms with Gasteiger partial charge in [0, 0.05) is 13.0 Å². The van der Waals surface area contributed by atoms with Gasteiger partial charge in [-0.1, -0.05) is 26.7 Å². The predicted octanol–water partition coefficient (Wildman–Crippen LogP) is 1.91. The summed E-state index contributed by atoms with van der Waals surface area (Å²) in [4.78, 5) is 0. The zero-order valence-corrected chi connectivity index (χ0v) is 9.74. The summed E-state index contributed by atoms with van der Waals surface area (Å²) in [6, 6.07) is 0. The maximum Gasteiger partial charge on any atom is 0.158 e. The van der Waals surface area contributed by atoms with Gasteiger partial charge < -0.3 is 9.67 Å². The minimum Gasteiger partial charge on any atom is -0.388 e. The summed E-state index contributed by atoms with van der Waals surface area (Å²) in [5.41, 5.74) is 0. The van der Waals surface area contributed by atoms with Crippen LogP contribution >= 0.6 is 0 Å². The van der Waals surface area contributed by atoms with Crippen LogP contribution in [0.1, 0.15) is 51.2 Å². The van der Waals surface area contributed by atoms with Crippen LogP contribution in [0.5, 0.6) is 0 Å². The first kappa shape index (κ1) is 12.2. The van der Waals surface area contributed by atoms with Gasteiger partial charge in [-0.25, -0.2) is 0 Å². The molecule has 0 radical (unpaired) electrons. The molecule has 1 N–H and O–H groups in total. The number of rotatable bonds is 7. The van der Waals surface area contributed by atoms with Gasteiger partial charge in [-0.15, -0.1) is 10.2 Å². The Morgan fingerprint density at radius 2 is 1.80 bits per heavy atom. The number of hydrogen-bond donors (Lipinski definition) is 1. The zero-order valence-electron chi connectivity index (χ0n) is 9.74. The number of hydrogen-bond acceptors (Lipinski definition) is 3. The lowest BCUT2D eigenvalue weighted by atomic mass is 10.2. The second-order valence-electron chi connectivity index (χ2n) is 3.80. The average molecular weight is 211 g/mol. The van der Waals surface area contributed by atoms with Crippen molar-refractivity contribution in [1.82, 2.24) is 14.8 Å². The van der Waals surface area contributed by atoms with Gasteiger partial charge in [-0.3, -0.25) is 0 Å². The molecule has 0 fully saturated rings. The van der Waals surface area contributed by atoms with Crippen molar-refractivity contribution < 1.29 is 5.11 Å². The molecule has 1 aromatic rings. The summed E-state index contributed by atoms with van der Waals surface area (Å²) in [6.07, 6.45) is 5.62. The van der Waals surface area contributed by atoms with Crippen LogP contribution in [-0.4, -0.2) is 19.9 Å². The standard InChI is InChI=1S/C11H21N3O/c1-3-5-6-7-10-12-13-11(9-15)14(10)8-4-2/h15H,3-9H2,1-2H3. The van der Waals surface area contributed by atoms with E-state index in [1.165, 1.54) is 12.8 Å². The molecular weight excluding hydrogens is 190 g/mol. The molecule has 0 aliphatic carbocycles. The molecule has 0 aromatic carbocycles. The highest BCUT2D eigenvalue weighted by atomic mass is 16.3. The van der Waals surface area contributed by atoms with E-state index in [-0.39, 0.29) is 6.61 Å². The topological polar surface area (TPSA) is 50.9 Å². The molecular formula is C11H21N3O. The van der Waals surface area contributed by atoms with Gasteiger partial charge in [0.2, 0.25) is 0 Å². The summed E-state index contributed by atoms with van der Waals surface area (Å²) in [5, 5.41) is 17.2. The first-order valence-corrected chi connectivity index (χ1v) is 5.85. The van der Waals surface area contributed by atoms with Gasteiger partial charge >= 0.3 is 0 Å². The highest BCUT2D eigenvalue weighted by Gasteiger charge is 2.09. The molecule has 0 saturated heterocycles. The molecule has 4 nitrogen and oxygen atoms in total. The molecule has 0 unspecified atom stereocenters. The molecule has 1 heterocycles. The van der Waals surface area contributed by atoms with Crippen LogP contribution in [0.3, 0.4) is 0 Å². The van der Waals surface area contributed by atoms with Crippen molar-refractivity contribution in [2.24, 2.45) is 0 Å². The van der Waals surface area contributed by atoms with Crippen molar-refractivity contribution in [3.8, 4) is 0 Å². The Morgan fingerprint density at radius 1 is 1.07 bits per heavy atom. The third-order valence-corrected chi connectivity index (χ3v) is 2.50. The lowest BCUT2D eigenvalue weighted by Gasteiger charge is -2.07. The quantitative estimate of drug-likeness (QED) is 0.701. The Labute approximate surface area is 91.3 Å². The maximum atomic E-state index is 9.11. The van der Waals surface area contributed by atoms with Crippen LogP contribution in [-0.2, 0) is 19.6 Å². The van der Waals surface area contributed by atoms with E-state index in [1.807, 2.05) is 0 Å². The van der Waals surface area contributed by atoms with Gasteiger partial charge in [0.1, 0.15) is 12.4 Å². The van der Waals surface area contributed by atoms with Gasteiger partial charge in [-0.2, -0.15) is 0 Å². The van der Waals surface area contributed by atoms with E-state index >= 15 is 0 Å². The third-order valence-electron chi connectivity index (χ3n) is 2.50. The first-order valence-electron chi connectivity index (χ1n) is 5.85. The van der Waals surface area contributed by atoms with Crippen molar-refractivity contribution in [2.45, 2.75) is 59.1 Å². The second-order valence-corrected chi connectivity index (χ2v) is 3.80. The van der Waals surface area contributed by atoms with Crippen molar-refractivity contribution in [3.63, 3.8) is 0 Å². The van der Waals surface area contributed by atoms with E-state index < -0.39 is 0 Å². The van der Waals surface area contributed by atoms with Crippen molar-refractivity contribution in [3.05, 3.63) is 11.6 Å². The van der Waals surface area contributed by atoms with E-state index in [0.717, 1.165) is 31.6 Å². The Bertz CT molecular complexity index is 283. The summed E-state index contributed by atoms with van der Waals surface area (Å²) >= 11 is 0. The molecule has 86 valence electrons. The highest BCUT2D eigenvalue weighted by molar-refractivity contribution is 4.95. The van der Waals surface area contributed by atoms with Crippen molar-refractivity contribution in [1.29, 1.82) is 0 Å². The number of aryl methyl sites for hydroxylation is 1. The van der Waals surface area contributed by atoms with E-state index in [4.69, 9.17) is 5.11 Å². The van der Waals surface area contributed by atoms with Gasteiger partial charge in [0.25, 0.3) is 0 Å². The monoisotopic (exact) mass is 211 g/mol. The molecule has 4 heteroatoms. The van der Waals surface area contributed by atoms with Crippen LogP contribution in [0.4, 0.5) is 0 Å². The number of aliphatic hydroxyl groups is 1. The summed E-state index contributed by atoms with van der Waals surface area (Å²) < 4.78 is 2.05. The largest absolute Gasteiger partial charge is 0.388 e. The average Bonchev–Trinajstić information content (AvgIpc) is 2.62. The van der Waals surface area contributed by atoms with Gasteiger partial charge in [0.15, 0.2) is 5.82 Å². The van der Waals surface area contributed by atoms with Crippen molar-refractivity contribution >= 4 is 0 Å². The third kappa shape index (κ3) is 3.30. The Hall–Kier alpha value is -0.900. The van der Waals surface area contributed by atoms with Gasteiger partial charge in [0.05, 0.1) is 0 Å². The molecule has 1 rings (SSSR count). The van der Waals surface area contributed by atoms with E-state index in [0.29, 0.717) is 5.82 Å². The zero-order chi connectivity index (χ0) is 11.1. The second kappa shape index (κ2) is 6.56. The molecule has 0 atom stereocenters. The Morgan fingerprint density at radius 3 is 2.40 bits per heavy atom. The number of unbranched alkanes of at least 4 members (excludes halogenated alkanes) is 2. The molecule has 0 aliphatic rings. The molecule has 1 aromatic heterocycles. The normalized spacial score (nSPS) is 10.9. The van der Waals surface area contributed by atoms with Crippen LogP contribution in [0, 0.1) is 0 Å². The van der Waals surface area contributed by atoms with E-state index in [9.17, 15) is 0 Å². The Balaban J connectivity index is 2.64. The summed E-state index contributed by atoms with van der Waals surface area (Å²) in [5.74, 6) is 1.72. The minimum atomic E-state index is -0.0131. The predicted molar refractivity (Wildman–Crippen MR) is 59.5 cm³/mol. The van der Waals surface area contributed by atoms with Crippen LogP contribution in [0.2, 0.25) is 0 Å². The number of nitrogens with zero attached hydrogens (tertiary/aromatic N) is 3. The summed E-state index contributed by atoms with van der Waals surface area (Å²) in [6.45, 7) is 5.21. The maximum absolute atomic E-state index is 9.11. The molecule has 0 bridgehead atoms. The number of aromatic nitrogens is 3. The lowest BCUT2D eigenvalue weighted by Crippen LogP contribution is -2.07. The first-order chi connectivity index (χ1) is 7.33. The Kier molecular flexibility index (Phi) is 5.32. The molecule has 0 amide bonds. The lowest BCUT2D eigenvalue weighted by molar-refractivity contribution is 0.264. The van der Waals surface area contributed by atoms with E-state index in [2.05, 4.69) is 28.6 Å². The molecule has 0 aliphatic heterocycles. The van der Waals surface area contributed by atoms with E-state index in [1.54, 1.807) is 0 Å². The van der Waals surface area contributed by atoms with Gasteiger partial charge in [-0.05, 0) is 12.8 Å².